The molecule has 0 spiro atoms. The number of amides is 1. The Bertz CT molecular complexity index is 611. The highest BCUT2D eigenvalue weighted by Gasteiger charge is 2.27. The molecule has 24 heavy (non-hydrogen) atoms. The summed E-state index contributed by atoms with van der Waals surface area (Å²) in [5, 5.41) is 14.5. The molecule has 1 N–H and O–H groups in total. The maximum absolute atomic E-state index is 12.7. The first kappa shape index (κ1) is 18.7. The molecule has 0 radical (unpaired) electrons. The zero-order valence-corrected chi connectivity index (χ0v) is 14.7. The summed E-state index contributed by atoms with van der Waals surface area (Å²) in [5.74, 6) is 0.772. The highest BCUT2D eigenvalue weighted by molar-refractivity contribution is 5.96. The quantitative estimate of drug-likeness (QED) is 0.652. The number of nitrogens with zero attached hydrogens (tertiary/aromatic N) is 2. The monoisotopic (exact) mass is 353 g/mol. The van der Waals surface area contributed by atoms with Gasteiger partial charge in [0.25, 0.3) is 11.6 Å². The summed E-state index contributed by atoms with van der Waals surface area (Å²) in [6.07, 6.45) is 4.59. The van der Waals surface area contributed by atoms with Crippen molar-refractivity contribution in [2.75, 3.05) is 19.6 Å². The van der Waals surface area contributed by atoms with Crippen molar-refractivity contribution in [3.63, 3.8) is 0 Å². The lowest BCUT2D eigenvalue weighted by Gasteiger charge is -2.33. The van der Waals surface area contributed by atoms with Gasteiger partial charge in [0.2, 0.25) is 0 Å². The summed E-state index contributed by atoms with van der Waals surface area (Å²) >= 11 is 0. The fourth-order valence-electron chi connectivity index (χ4n) is 3.07. The van der Waals surface area contributed by atoms with E-state index in [0.717, 1.165) is 30.9 Å². The Hall–Kier alpha value is -1.66. The van der Waals surface area contributed by atoms with Crippen LogP contribution in [0.5, 0.6) is 0 Å². The second kappa shape index (κ2) is 7.94. The van der Waals surface area contributed by atoms with Crippen LogP contribution in [0.25, 0.3) is 0 Å². The standard InChI is InChI=1S/C17H23N3O3.ClH/c1-12-2-5-15(20(22)23)10-16(12)17(21)19-8-6-14(7-9-19)18-11-13-3-4-13;/h2,5,10,13-14,18H,3-4,6-9,11H2,1H3;1H. The fourth-order valence-corrected chi connectivity index (χ4v) is 3.07. The van der Waals surface area contributed by atoms with E-state index in [9.17, 15) is 14.9 Å². The normalized spacial score (nSPS) is 18.1. The van der Waals surface area contributed by atoms with Crippen LogP contribution in [0.1, 0.15) is 41.6 Å². The lowest BCUT2D eigenvalue weighted by molar-refractivity contribution is -0.384. The van der Waals surface area contributed by atoms with Crippen molar-refractivity contribution >= 4 is 24.0 Å². The summed E-state index contributed by atoms with van der Waals surface area (Å²) in [6, 6.07) is 4.98. The maximum atomic E-state index is 12.7. The molecule has 2 fully saturated rings. The van der Waals surface area contributed by atoms with Gasteiger partial charge in [-0.2, -0.15) is 0 Å². The lowest BCUT2D eigenvalue weighted by atomic mass is 10.0. The molecule has 6 nitrogen and oxygen atoms in total. The van der Waals surface area contributed by atoms with Crippen molar-refractivity contribution in [3.05, 3.63) is 39.4 Å². The van der Waals surface area contributed by atoms with E-state index in [1.54, 1.807) is 6.07 Å². The number of rotatable bonds is 5. The summed E-state index contributed by atoms with van der Waals surface area (Å²) in [5.41, 5.74) is 1.21. The first-order valence-corrected chi connectivity index (χ1v) is 8.32. The second-order valence-corrected chi connectivity index (χ2v) is 6.67. The fraction of sp³-hybridized carbons (Fsp3) is 0.588. The van der Waals surface area contributed by atoms with Gasteiger partial charge in [0.05, 0.1) is 4.92 Å². The average Bonchev–Trinajstić information content (AvgIpc) is 3.37. The van der Waals surface area contributed by atoms with Crippen LogP contribution in [0.2, 0.25) is 0 Å². The molecule has 1 aliphatic heterocycles. The largest absolute Gasteiger partial charge is 0.339 e. The van der Waals surface area contributed by atoms with Crippen LogP contribution in [0.15, 0.2) is 18.2 Å². The number of hydrogen-bond donors (Lipinski definition) is 1. The van der Waals surface area contributed by atoms with Gasteiger partial charge in [-0.1, -0.05) is 6.07 Å². The molecular formula is C17H24ClN3O3. The van der Waals surface area contributed by atoms with Crippen LogP contribution in [0, 0.1) is 23.0 Å². The smallest absolute Gasteiger partial charge is 0.270 e. The molecule has 1 aliphatic carbocycles. The third-order valence-corrected chi connectivity index (χ3v) is 4.84. The number of nitrogens with one attached hydrogen (secondary N) is 1. The molecule has 1 saturated heterocycles. The molecule has 1 heterocycles. The zero-order chi connectivity index (χ0) is 16.4. The Morgan fingerprint density at radius 1 is 1.29 bits per heavy atom. The molecule has 132 valence electrons. The summed E-state index contributed by atoms with van der Waals surface area (Å²) in [7, 11) is 0. The first-order chi connectivity index (χ1) is 11.0. The Kier molecular flexibility index (Phi) is 6.18. The summed E-state index contributed by atoms with van der Waals surface area (Å²) < 4.78 is 0. The molecule has 2 aliphatic rings. The molecule has 1 saturated carbocycles. The van der Waals surface area contributed by atoms with E-state index < -0.39 is 4.92 Å². The molecule has 3 rings (SSSR count). The van der Waals surface area contributed by atoms with Crippen LogP contribution < -0.4 is 5.32 Å². The molecule has 1 amide bonds. The Labute approximate surface area is 148 Å². The van der Waals surface area contributed by atoms with Crippen LogP contribution in [0.3, 0.4) is 0 Å². The van der Waals surface area contributed by atoms with E-state index in [1.165, 1.54) is 25.0 Å². The number of carbonyl (C=O) groups is 1. The number of likely N-dealkylation sites (tertiary alicyclic amines) is 1. The van der Waals surface area contributed by atoms with Crippen LogP contribution >= 0.6 is 12.4 Å². The predicted molar refractivity (Wildman–Crippen MR) is 94.7 cm³/mol. The van der Waals surface area contributed by atoms with Crippen molar-refractivity contribution in [2.45, 2.75) is 38.6 Å². The second-order valence-electron chi connectivity index (χ2n) is 6.67. The number of piperidine rings is 1. The number of nitro groups is 1. The minimum absolute atomic E-state index is 0. The van der Waals surface area contributed by atoms with E-state index in [0.29, 0.717) is 24.7 Å². The van der Waals surface area contributed by atoms with E-state index in [1.807, 2.05) is 11.8 Å². The van der Waals surface area contributed by atoms with Crippen molar-refractivity contribution in [2.24, 2.45) is 5.92 Å². The van der Waals surface area contributed by atoms with Gasteiger partial charge in [0.1, 0.15) is 0 Å². The highest BCUT2D eigenvalue weighted by Crippen LogP contribution is 2.28. The topological polar surface area (TPSA) is 75.5 Å². The number of benzene rings is 1. The van der Waals surface area contributed by atoms with E-state index in [-0.39, 0.29) is 24.0 Å². The number of hydrogen-bond acceptors (Lipinski definition) is 4. The number of carbonyl (C=O) groups excluding carboxylic acids is 1. The van der Waals surface area contributed by atoms with Gasteiger partial charge in [0, 0.05) is 36.8 Å². The third kappa shape index (κ3) is 4.45. The lowest BCUT2D eigenvalue weighted by Crippen LogP contribution is -2.45. The van der Waals surface area contributed by atoms with Gasteiger partial charge in [-0.3, -0.25) is 14.9 Å². The van der Waals surface area contributed by atoms with Crippen molar-refractivity contribution in [1.82, 2.24) is 10.2 Å². The van der Waals surface area contributed by atoms with Gasteiger partial charge < -0.3 is 10.2 Å². The Morgan fingerprint density at radius 2 is 1.96 bits per heavy atom. The molecule has 1 aromatic rings. The summed E-state index contributed by atoms with van der Waals surface area (Å²) in [6.45, 7) is 4.34. The minimum Gasteiger partial charge on any atom is -0.339 e. The predicted octanol–water partition coefficient (Wildman–Crippen LogP) is 2.93. The van der Waals surface area contributed by atoms with Crippen molar-refractivity contribution in [3.8, 4) is 0 Å². The van der Waals surface area contributed by atoms with Gasteiger partial charge in [-0.25, -0.2) is 0 Å². The van der Waals surface area contributed by atoms with E-state index in [2.05, 4.69) is 5.32 Å². The van der Waals surface area contributed by atoms with Crippen LogP contribution in [-0.2, 0) is 0 Å². The van der Waals surface area contributed by atoms with Crippen LogP contribution in [0.4, 0.5) is 5.69 Å². The van der Waals surface area contributed by atoms with Gasteiger partial charge in [-0.15, -0.1) is 12.4 Å². The molecule has 0 aromatic heterocycles. The van der Waals surface area contributed by atoms with Crippen molar-refractivity contribution in [1.29, 1.82) is 0 Å². The van der Waals surface area contributed by atoms with E-state index in [4.69, 9.17) is 0 Å². The molecule has 1 aromatic carbocycles. The Morgan fingerprint density at radius 3 is 2.54 bits per heavy atom. The van der Waals surface area contributed by atoms with E-state index >= 15 is 0 Å². The SMILES string of the molecule is Cc1ccc([N+](=O)[O-])cc1C(=O)N1CCC(NCC2CC2)CC1.Cl. The van der Waals surface area contributed by atoms with Crippen LogP contribution in [-0.4, -0.2) is 41.4 Å². The average molecular weight is 354 g/mol. The van der Waals surface area contributed by atoms with Gasteiger partial charge in [0.15, 0.2) is 0 Å². The van der Waals surface area contributed by atoms with Gasteiger partial charge in [-0.05, 0) is 50.6 Å². The van der Waals surface area contributed by atoms with Gasteiger partial charge >= 0.3 is 0 Å². The minimum atomic E-state index is -0.454. The van der Waals surface area contributed by atoms with Crippen molar-refractivity contribution < 1.29 is 9.72 Å². The Balaban J connectivity index is 0.00000208. The molecule has 0 unspecified atom stereocenters. The highest BCUT2D eigenvalue weighted by atomic mass is 35.5. The number of nitro benzene ring substituents is 1. The molecular weight excluding hydrogens is 330 g/mol. The zero-order valence-electron chi connectivity index (χ0n) is 13.9. The summed E-state index contributed by atoms with van der Waals surface area (Å²) in [4.78, 5) is 24.9. The molecule has 0 atom stereocenters. The number of aryl methyl sites for hydroxylation is 1. The maximum Gasteiger partial charge on any atom is 0.270 e. The first-order valence-electron chi connectivity index (χ1n) is 8.32. The molecule has 0 bridgehead atoms. The number of halogens is 1. The molecule has 7 heteroatoms. The third-order valence-electron chi connectivity index (χ3n) is 4.84. The number of non-ortho nitro benzene ring substituents is 1.